The van der Waals surface area contributed by atoms with Gasteiger partial charge in [-0.1, -0.05) is 6.07 Å². The highest BCUT2D eigenvalue weighted by Crippen LogP contribution is 2.33. The Hall–Kier alpha value is -2.68. The molecule has 1 aromatic carbocycles. The van der Waals surface area contributed by atoms with E-state index in [1.165, 1.54) is 12.4 Å². The van der Waals surface area contributed by atoms with Crippen molar-refractivity contribution in [2.75, 3.05) is 44.7 Å². The predicted molar refractivity (Wildman–Crippen MR) is 111 cm³/mol. The first-order valence-corrected chi connectivity index (χ1v) is 10.5. The number of nitrogens with zero attached hydrogens (tertiary/aromatic N) is 5. The topological polar surface area (TPSA) is 52.6 Å². The van der Waals surface area contributed by atoms with Crippen molar-refractivity contribution in [2.45, 2.75) is 32.5 Å². The van der Waals surface area contributed by atoms with E-state index >= 15 is 0 Å². The summed E-state index contributed by atoms with van der Waals surface area (Å²) in [5.41, 5.74) is 1.95. The van der Waals surface area contributed by atoms with E-state index in [4.69, 9.17) is 0 Å². The monoisotopic (exact) mass is 433 g/mol. The van der Waals surface area contributed by atoms with Crippen molar-refractivity contribution >= 4 is 11.7 Å². The van der Waals surface area contributed by atoms with E-state index in [0.717, 1.165) is 31.1 Å². The first-order valence-electron chi connectivity index (χ1n) is 10.5. The number of rotatable bonds is 2. The summed E-state index contributed by atoms with van der Waals surface area (Å²) in [5, 5.41) is 0. The Kier molecular flexibility index (Phi) is 5.88. The maximum atomic E-state index is 13.1. The van der Waals surface area contributed by atoms with Gasteiger partial charge in [-0.25, -0.2) is 9.97 Å². The number of halogens is 3. The highest BCUT2D eigenvalue weighted by molar-refractivity contribution is 5.94. The van der Waals surface area contributed by atoms with Gasteiger partial charge in [-0.2, -0.15) is 13.2 Å². The van der Waals surface area contributed by atoms with Crippen LogP contribution in [-0.4, -0.2) is 65.4 Å². The number of likely N-dealkylation sites (N-methyl/N-ethyl adjacent to an activating group) is 1. The molecule has 0 unspecified atom stereocenters. The van der Waals surface area contributed by atoms with Gasteiger partial charge in [0.2, 0.25) is 0 Å². The molecule has 0 radical (unpaired) electrons. The van der Waals surface area contributed by atoms with E-state index in [9.17, 15) is 18.0 Å². The lowest BCUT2D eigenvalue weighted by Crippen LogP contribution is -2.36. The van der Waals surface area contributed by atoms with Crippen LogP contribution in [0.1, 0.15) is 39.2 Å². The summed E-state index contributed by atoms with van der Waals surface area (Å²) >= 11 is 0. The highest BCUT2D eigenvalue weighted by Gasteiger charge is 2.32. The van der Waals surface area contributed by atoms with Crippen molar-refractivity contribution in [2.24, 2.45) is 0 Å². The zero-order valence-electron chi connectivity index (χ0n) is 17.7. The molecule has 2 aromatic rings. The van der Waals surface area contributed by atoms with Gasteiger partial charge >= 0.3 is 6.18 Å². The van der Waals surface area contributed by atoms with Gasteiger partial charge in [0.1, 0.15) is 17.8 Å². The number of hydrogen-bond acceptors (Lipinski definition) is 5. The van der Waals surface area contributed by atoms with Gasteiger partial charge in [0.25, 0.3) is 5.91 Å². The number of anilines is 1. The number of fused-ring (bicyclic) bond motifs is 1. The lowest BCUT2D eigenvalue weighted by Gasteiger charge is -2.31. The van der Waals surface area contributed by atoms with Crippen LogP contribution in [0.15, 0.2) is 24.5 Å². The van der Waals surface area contributed by atoms with Crippen molar-refractivity contribution in [3.63, 3.8) is 0 Å². The number of hydrogen-bond donors (Lipinski definition) is 0. The maximum Gasteiger partial charge on any atom is 0.416 e. The van der Waals surface area contributed by atoms with E-state index in [2.05, 4.69) is 14.9 Å². The van der Waals surface area contributed by atoms with Crippen LogP contribution in [0, 0.1) is 6.92 Å². The summed E-state index contributed by atoms with van der Waals surface area (Å²) in [5.74, 6) is 0.488. The van der Waals surface area contributed by atoms with Crippen LogP contribution in [0.5, 0.6) is 0 Å². The molecule has 1 saturated heterocycles. The molecule has 0 aliphatic carbocycles. The molecule has 0 bridgehead atoms. The average Bonchev–Trinajstić information content (AvgIpc) is 2.96. The number of benzene rings is 1. The summed E-state index contributed by atoms with van der Waals surface area (Å²) in [6, 6.07) is 3.92. The number of carbonyl (C=O) groups excluding carboxylic acids is 1. The molecule has 6 nitrogen and oxygen atoms in total. The third kappa shape index (κ3) is 4.51. The van der Waals surface area contributed by atoms with Crippen LogP contribution in [0.2, 0.25) is 0 Å². The van der Waals surface area contributed by atoms with Crippen molar-refractivity contribution in [3.05, 3.63) is 52.5 Å². The zero-order valence-corrected chi connectivity index (χ0v) is 17.7. The van der Waals surface area contributed by atoms with Crippen molar-refractivity contribution < 1.29 is 18.0 Å². The summed E-state index contributed by atoms with van der Waals surface area (Å²) in [6.45, 7) is 5.84. The SMILES string of the molecule is Cc1c(C(=O)N2CCCN(C)CC2)ncnc1N1CCc2ccc(C(F)(F)F)cc2C1. The Morgan fingerprint density at radius 3 is 2.61 bits per heavy atom. The largest absolute Gasteiger partial charge is 0.416 e. The molecule has 1 aromatic heterocycles. The molecule has 0 saturated carbocycles. The molecule has 0 spiro atoms. The molecule has 0 atom stereocenters. The summed E-state index contributed by atoms with van der Waals surface area (Å²) in [4.78, 5) is 27.7. The molecule has 2 aliphatic heterocycles. The molecular formula is C22H26F3N5O. The second kappa shape index (κ2) is 8.45. The summed E-state index contributed by atoms with van der Waals surface area (Å²) in [7, 11) is 2.04. The summed E-state index contributed by atoms with van der Waals surface area (Å²) in [6.07, 6.45) is -1.47. The quantitative estimate of drug-likeness (QED) is 0.729. The lowest BCUT2D eigenvalue weighted by atomic mass is 9.97. The molecule has 9 heteroatoms. The Bertz CT molecular complexity index is 978. The minimum atomic E-state index is -4.37. The van der Waals surface area contributed by atoms with Gasteiger partial charge in [-0.3, -0.25) is 4.79 Å². The lowest BCUT2D eigenvalue weighted by molar-refractivity contribution is -0.137. The molecule has 31 heavy (non-hydrogen) atoms. The molecule has 3 heterocycles. The summed E-state index contributed by atoms with van der Waals surface area (Å²) < 4.78 is 39.4. The van der Waals surface area contributed by atoms with Crippen molar-refractivity contribution in [3.8, 4) is 0 Å². The van der Waals surface area contributed by atoms with Gasteiger partial charge in [0.15, 0.2) is 0 Å². The number of aromatic nitrogens is 2. The Morgan fingerprint density at radius 2 is 1.84 bits per heavy atom. The molecule has 1 amide bonds. The Labute approximate surface area is 179 Å². The second-order valence-electron chi connectivity index (χ2n) is 8.27. The van der Waals surface area contributed by atoms with Crippen LogP contribution in [0.4, 0.5) is 19.0 Å². The number of alkyl halides is 3. The smallest absolute Gasteiger partial charge is 0.352 e. The number of carbonyl (C=O) groups is 1. The fourth-order valence-electron chi connectivity index (χ4n) is 4.29. The third-order valence-electron chi connectivity index (χ3n) is 6.11. The van der Waals surface area contributed by atoms with Gasteiger partial charge in [-0.15, -0.1) is 0 Å². The van der Waals surface area contributed by atoms with Crippen LogP contribution in [0.25, 0.3) is 0 Å². The Balaban J connectivity index is 1.58. The first-order chi connectivity index (χ1) is 14.7. The van der Waals surface area contributed by atoms with E-state index < -0.39 is 11.7 Å². The molecule has 166 valence electrons. The average molecular weight is 433 g/mol. The van der Waals surface area contributed by atoms with Crippen LogP contribution in [-0.2, 0) is 19.1 Å². The van der Waals surface area contributed by atoms with E-state index in [0.29, 0.717) is 55.2 Å². The maximum absolute atomic E-state index is 13.1. The molecule has 1 fully saturated rings. The minimum Gasteiger partial charge on any atom is -0.352 e. The van der Waals surface area contributed by atoms with Gasteiger partial charge in [0, 0.05) is 38.3 Å². The molecule has 4 rings (SSSR count). The van der Waals surface area contributed by atoms with Crippen LogP contribution in [0.3, 0.4) is 0 Å². The minimum absolute atomic E-state index is 0.117. The molecule has 2 aliphatic rings. The zero-order chi connectivity index (χ0) is 22.2. The fourth-order valence-corrected chi connectivity index (χ4v) is 4.29. The van der Waals surface area contributed by atoms with E-state index in [1.54, 1.807) is 6.07 Å². The highest BCUT2D eigenvalue weighted by atomic mass is 19.4. The second-order valence-corrected chi connectivity index (χ2v) is 8.27. The fraction of sp³-hybridized carbons (Fsp3) is 0.500. The van der Waals surface area contributed by atoms with Crippen LogP contribution >= 0.6 is 0 Å². The predicted octanol–water partition coefficient (Wildman–Crippen LogP) is 3.14. The van der Waals surface area contributed by atoms with Gasteiger partial charge in [0.05, 0.1) is 5.56 Å². The van der Waals surface area contributed by atoms with Crippen LogP contribution < -0.4 is 4.90 Å². The first kappa shape index (κ1) is 21.5. The molecule has 0 N–H and O–H groups in total. The normalized spacial score (nSPS) is 18.0. The number of amides is 1. The Morgan fingerprint density at radius 1 is 1.03 bits per heavy atom. The van der Waals surface area contributed by atoms with Crippen molar-refractivity contribution in [1.82, 2.24) is 19.8 Å². The third-order valence-corrected chi connectivity index (χ3v) is 6.11. The standard InChI is InChI=1S/C22H26F3N5O/c1-15-19(21(31)29-8-3-7-28(2)10-11-29)26-14-27-20(15)30-9-6-16-4-5-18(22(23,24)25)12-17(16)13-30/h4-5,12,14H,3,6-11,13H2,1-2H3. The van der Waals surface area contributed by atoms with Gasteiger partial charge < -0.3 is 14.7 Å². The molecular weight excluding hydrogens is 407 g/mol. The van der Waals surface area contributed by atoms with Gasteiger partial charge in [-0.05, 0) is 56.6 Å². The van der Waals surface area contributed by atoms with E-state index in [-0.39, 0.29) is 5.91 Å². The van der Waals surface area contributed by atoms with E-state index in [1.807, 2.05) is 23.8 Å². The van der Waals surface area contributed by atoms with Crippen molar-refractivity contribution in [1.29, 1.82) is 0 Å².